The summed E-state index contributed by atoms with van der Waals surface area (Å²) < 4.78 is 0. The van der Waals surface area contributed by atoms with Crippen LogP contribution < -0.4 is 5.32 Å². The highest BCUT2D eigenvalue weighted by molar-refractivity contribution is 6.35. The second-order valence-electron chi connectivity index (χ2n) is 3.95. The maximum Gasteiger partial charge on any atom is 0.0724 e. The molecule has 18 heavy (non-hydrogen) atoms. The average molecular weight is 282 g/mol. The van der Waals surface area contributed by atoms with Crippen LogP contribution in [-0.4, -0.2) is 9.97 Å². The smallest absolute Gasteiger partial charge is 0.0724 e. The second kappa shape index (κ2) is 6.14. The van der Waals surface area contributed by atoms with E-state index in [0.717, 1.165) is 17.0 Å². The molecule has 1 aromatic heterocycles. The lowest BCUT2D eigenvalue weighted by molar-refractivity contribution is 0.676. The first kappa shape index (κ1) is 13.3. The van der Waals surface area contributed by atoms with Crippen LogP contribution in [0.25, 0.3) is 0 Å². The van der Waals surface area contributed by atoms with Gasteiger partial charge in [0.15, 0.2) is 0 Å². The van der Waals surface area contributed by atoms with Gasteiger partial charge in [0.1, 0.15) is 0 Å². The Hall–Kier alpha value is -1.16. The summed E-state index contributed by atoms with van der Waals surface area (Å²) in [4.78, 5) is 8.45. The van der Waals surface area contributed by atoms with Gasteiger partial charge in [0.05, 0.1) is 11.4 Å². The quantitative estimate of drug-likeness (QED) is 0.934. The molecule has 5 heteroatoms. The molecule has 0 bridgehead atoms. The van der Waals surface area contributed by atoms with Gasteiger partial charge in [-0.2, -0.15) is 0 Å². The van der Waals surface area contributed by atoms with Crippen molar-refractivity contribution < 1.29 is 0 Å². The number of nitrogens with one attached hydrogen (secondary N) is 1. The summed E-state index contributed by atoms with van der Waals surface area (Å²) >= 11 is 12.2. The van der Waals surface area contributed by atoms with Crippen LogP contribution in [0.15, 0.2) is 30.6 Å². The van der Waals surface area contributed by atoms with E-state index >= 15 is 0 Å². The Balaban J connectivity index is 1.94. The standard InChI is InChI=1S/C13H13Cl2N3/c1-9-5-18-10(7-17-9)6-16-8-11-12(14)3-2-4-13(11)15/h2-5,7,16H,6,8H2,1H3. The fourth-order valence-corrected chi connectivity index (χ4v) is 2.06. The summed E-state index contributed by atoms with van der Waals surface area (Å²) in [6.45, 7) is 3.15. The van der Waals surface area contributed by atoms with Gasteiger partial charge in [0, 0.05) is 41.1 Å². The molecular formula is C13H13Cl2N3. The van der Waals surface area contributed by atoms with Crippen molar-refractivity contribution in [1.29, 1.82) is 0 Å². The van der Waals surface area contributed by atoms with E-state index in [0.29, 0.717) is 23.1 Å². The van der Waals surface area contributed by atoms with Gasteiger partial charge in [-0.15, -0.1) is 0 Å². The second-order valence-corrected chi connectivity index (χ2v) is 4.77. The van der Waals surface area contributed by atoms with Crippen LogP contribution in [0, 0.1) is 6.92 Å². The lowest BCUT2D eigenvalue weighted by Crippen LogP contribution is -2.14. The zero-order valence-corrected chi connectivity index (χ0v) is 11.5. The van der Waals surface area contributed by atoms with Gasteiger partial charge in [0.2, 0.25) is 0 Å². The summed E-state index contributed by atoms with van der Waals surface area (Å²) in [6, 6.07) is 5.49. The van der Waals surface area contributed by atoms with Crippen molar-refractivity contribution in [2.45, 2.75) is 20.0 Å². The molecule has 0 radical (unpaired) electrons. The lowest BCUT2D eigenvalue weighted by atomic mass is 10.2. The summed E-state index contributed by atoms with van der Waals surface area (Å²) in [6.07, 6.45) is 3.51. The van der Waals surface area contributed by atoms with Crippen molar-refractivity contribution in [2.75, 3.05) is 0 Å². The Morgan fingerprint density at radius 2 is 1.78 bits per heavy atom. The van der Waals surface area contributed by atoms with Gasteiger partial charge in [-0.05, 0) is 19.1 Å². The first-order chi connectivity index (χ1) is 8.66. The van der Waals surface area contributed by atoms with E-state index in [9.17, 15) is 0 Å². The molecule has 2 aromatic rings. The summed E-state index contributed by atoms with van der Waals surface area (Å²) in [5.74, 6) is 0. The van der Waals surface area contributed by atoms with Crippen molar-refractivity contribution in [2.24, 2.45) is 0 Å². The minimum absolute atomic E-state index is 0.605. The van der Waals surface area contributed by atoms with E-state index in [1.165, 1.54) is 0 Å². The maximum atomic E-state index is 6.08. The van der Waals surface area contributed by atoms with Gasteiger partial charge >= 0.3 is 0 Å². The Bertz CT molecular complexity index is 506. The molecule has 0 aliphatic carbocycles. The molecule has 0 atom stereocenters. The van der Waals surface area contributed by atoms with E-state index in [4.69, 9.17) is 23.2 Å². The van der Waals surface area contributed by atoms with Crippen LogP contribution in [-0.2, 0) is 13.1 Å². The highest BCUT2D eigenvalue weighted by Crippen LogP contribution is 2.23. The Labute approximate surface area is 116 Å². The Kier molecular flexibility index (Phi) is 4.53. The number of aryl methyl sites for hydroxylation is 1. The molecular weight excluding hydrogens is 269 g/mol. The van der Waals surface area contributed by atoms with Crippen LogP contribution >= 0.6 is 23.2 Å². The van der Waals surface area contributed by atoms with Crippen LogP contribution in [0.3, 0.4) is 0 Å². The predicted molar refractivity (Wildman–Crippen MR) is 73.8 cm³/mol. The van der Waals surface area contributed by atoms with Crippen molar-refractivity contribution in [3.63, 3.8) is 0 Å². The van der Waals surface area contributed by atoms with Crippen LogP contribution in [0.2, 0.25) is 10.0 Å². The molecule has 0 fully saturated rings. The van der Waals surface area contributed by atoms with E-state index in [1.54, 1.807) is 12.4 Å². The fourth-order valence-electron chi connectivity index (χ4n) is 1.53. The highest BCUT2D eigenvalue weighted by Gasteiger charge is 2.04. The van der Waals surface area contributed by atoms with Crippen LogP contribution in [0.4, 0.5) is 0 Å². The summed E-state index contributed by atoms with van der Waals surface area (Å²) in [5.41, 5.74) is 2.71. The van der Waals surface area contributed by atoms with Crippen molar-refractivity contribution >= 4 is 23.2 Å². The third-order valence-corrected chi connectivity index (χ3v) is 3.21. The topological polar surface area (TPSA) is 37.8 Å². The molecule has 0 unspecified atom stereocenters. The monoisotopic (exact) mass is 281 g/mol. The van der Waals surface area contributed by atoms with Gasteiger partial charge in [-0.3, -0.25) is 9.97 Å². The molecule has 0 aliphatic heterocycles. The summed E-state index contributed by atoms with van der Waals surface area (Å²) in [5, 5.41) is 4.59. The minimum Gasteiger partial charge on any atom is -0.307 e. The van der Waals surface area contributed by atoms with Crippen LogP contribution in [0.1, 0.15) is 17.0 Å². The maximum absolute atomic E-state index is 6.08. The first-order valence-corrected chi connectivity index (χ1v) is 6.33. The lowest BCUT2D eigenvalue weighted by Gasteiger charge is -2.08. The molecule has 94 valence electrons. The molecule has 1 aromatic carbocycles. The summed E-state index contributed by atoms with van der Waals surface area (Å²) in [7, 11) is 0. The van der Waals surface area contributed by atoms with E-state index in [-0.39, 0.29) is 0 Å². The van der Waals surface area contributed by atoms with Gasteiger partial charge in [0.25, 0.3) is 0 Å². The largest absolute Gasteiger partial charge is 0.307 e. The Morgan fingerprint density at radius 1 is 1.06 bits per heavy atom. The predicted octanol–water partition coefficient (Wildman–Crippen LogP) is 3.38. The molecule has 0 saturated carbocycles. The van der Waals surface area contributed by atoms with E-state index in [1.807, 2.05) is 25.1 Å². The zero-order chi connectivity index (χ0) is 13.0. The molecule has 0 spiro atoms. The average Bonchev–Trinajstić information content (AvgIpc) is 2.35. The number of hydrogen-bond acceptors (Lipinski definition) is 3. The number of benzene rings is 1. The normalized spacial score (nSPS) is 10.6. The minimum atomic E-state index is 0.605. The molecule has 1 heterocycles. The van der Waals surface area contributed by atoms with E-state index in [2.05, 4.69) is 15.3 Å². The first-order valence-electron chi connectivity index (χ1n) is 5.58. The van der Waals surface area contributed by atoms with Gasteiger partial charge in [-0.1, -0.05) is 29.3 Å². The molecule has 0 amide bonds. The van der Waals surface area contributed by atoms with Crippen LogP contribution in [0.5, 0.6) is 0 Å². The highest BCUT2D eigenvalue weighted by atomic mass is 35.5. The molecule has 3 nitrogen and oxygen atoms in total. The van der Waals surface area contributed by atoms with Gasteiger partial charge < -0.3 is 5.32 Å². The molecule has 1 N–H and O–H groups in total. The van der Waals surface area contributed by atoms with Crippen molar-refractivity contribution in [3.05, 3.63) is 57.6 Å². The van der Waals surface area contributed by atoms with Crippen molar-refractivity contribution in [3.8, 4) is 0 Å². The molecule has 0 aliphatic rings. The van der Waals surface area contributed by atoms with E-state index < -0.39 is 0 Å². The Morgan fingerprint density at radius 3 is 2.39 bits per heavy atom. The fraction of sp³-hybridized carbons (Fsp3) is 0.231. The number of nitrogens with zero attached hydrogens (tertiary/aromatic N) is 2. The third kappa shape index (κ3) is 3.42. The van der Waals surface area contributed by atoms with Gasteiger partial charge in [-0.25, -0.2) is 0 Å². The third-order valence-electron chi connectivity index (χ3n) is 2.50. The number of hydrogen-bond donors (Lipinski definition) is 1. The SMILES string of the molecule is Cc1cnc(CNCc2c(Cl)cccc2Cl)cn1. The molecule has 0 saturated heterocycles. The molecule has 2 rings (SSSR count). The number of rotatable bonds is 4. The van der Waals surface area contributed by atoms with Crippen molar-refractivity contribution in [1.82, 2.24) is 15.3 Å². The zero-order valence-electron chi connectivity index (χ0n) is 9.95. The number of halogens is 2. The number of aromatic nitrogens is 2.